The van der Waals surface area contributed by atoms with Gasteiger partial charge in [-0.2, -0.15) is 0 Å². The molecule has 0 atom stereocenters. The van der Waals surface area contributed by atoms with Crippen LogP contribution in [0.4, 0.5) is 13.0 Å². The largest absolute Gasteiger partial charge is 0.738 e. The van der Waals surface area contributed by atoms with E-state index in [1.807, 2.05) is 0 Å². The van der Waals surface area contributed by atoms with E-state index in [-0.39, 0.29) is 15.0 Å². The van der Waals surface area contributed by atoms with Crippen LogP contribution in [0, 0.1) is 5.82 Å². The van der Waals surface area contributed by atoms with E-state index in [1.165, 1.54) is 25.3 Å². The summed E-state index contributed by atoms with van der Waals surface area (Å²) in [5.74, 6) is -0.180. The number of methoxy groups -OCH3 is 1. The second-order valence-electron chi connectivity index (χ2n) is 5.63. The monoisotopic (exact) mass is 472 g/mol. The lowest BCUT2D eigenvalue weighted by Gasteiger charge is -2.32. The molecule has 9 heteroatoms. The average molecular weight is 474 g/mol. The van der Waals surface area contributed by atoms with Crippen LogP contribution in [0.2, 0.25) is 0 Å². The second kappa shape index (κ2) is 5.64. The van der Waals surface area contributed by atoms with E-state index < -0.39 is 12.8 Å². The number of fused-ring (bicyclic) bond motifs is 2. The van der Waals surface area contributed by atoms with Crippen molar-refractivity contribution in [1.82, 2.24) is 4.48 Å². The summed E-state index contributed by atoms with van der Waals surface area (Å²) in [7, 11) is 1.42. The van der Waals surface area contributed by atoms with Gasteiger partial charge in [-0.3, -0.25) is 0 Å². The molecule has 3 heterocycles. The first-order valence-electron chi connectivity index (χ1n) is 7.34. The van der Waals surface area contributed by atoms with Gasteiger partial charge in [0.25, 0.3) is 0 Å². The molecule has 0 aliphatic carbocycles. The van der Waals surface area contributed by atoms with Crippen LogP contribution in [0.5, 0.6) is 5.75 Å². The first-order valence-corrected chi connectivity index (χ1v) is 8.92. The summed E-state index contributed by atoms with van der Waals surface area (Å²) in [5.41, 5.74) is 1.75. The molecule has 2 aliphatic rings. The fourth-order valence-electron chi connectivity index (χ4n) is 3.28. The summed E-state index contributed by atoms with van der Waals surface area (Å²) in [6.07, 6.45) is 3.18. The minimum atomic E-state index is -4.08. The molecule has 1 aromatic carbocycles. The van der Waals surface area contributed by atoms with Gasteiger partial charge < -0.3 is 22.3 Å². The van der Waals surface area contributed by atoms with E-state index in [0.29, 0.717) is 22.5 Å². The Morgan fingerprint density at radius 3 is 2.60 bits per heavy atom. The van der Waals surface area contributed by atoms with Crippen molar-refractivity contribution in [3.63, 3.8) is 0 Å². The zero-order chi connectivity index (χ0) is 17.9. The number of hydrogen-bond donors (Lipinski definition) is 0. The van der Waals surface area contributed by atoms with Crippen molar-refractivity contribution in [2.75, 3.05) is 7.11 Å². The average Bonchev–Trinajstić information content (AvgIpc) is 3.13. The highest BCUT2D eigenvalue weighted by Gasteiger charge is 2.54. The van der Waals surface area contributed by atoms with Crippen LogP contribution in [0.3, 0.4) is 0 Å². The fraction of sp³-hybridized carbons (Fsp3) is 0.0625. The Labute approximate surface area is 158 Å². The van der Waals surface area contributed by atoms with Crippen molar-refractivity contribution in [3.05, 3.63) is 69.9 Å². The molecule has 0 radical (unpaired) electrons. The number of aromatic nitrogens is 1. The Morgan fingerprint density at radius 2 is 1.88 bits per heavy atom. The summed E-state index contributed by atoms with van der Waals surface area (Å²) < 4.78 is 51.6. The van der Waals surface area contributed by atoms with E-state index >= 15 is 8.63 Å². The van der Waals surface area contributed by atoms with Gasteiger partial charge in [-0.05, 0) is 40.2 Å². The predicted octanol–water partition coefficient (Wildman–Crippen LogP) is 4.77. The zero-order valence-electron chi connectivity index (χ0n) is 12.8. The highest BCUT2D eigenvalue weighted by molar-refractivity contribution is 9.18. The highest BCUT2D eigenvalue weighted by Crippen LogP contribution is 2.44. The Kier molecular flexibility index (Phi) is 3.77. The molecule has 0 fully saturated rings. The van der Waals surface area contributed by atoms with Crippen LogP contribution in [-0.2, 0) is 0 Å². The van der Waals surface area contributed by atoms with Gasteiger partial charge >= 0.3 is 6.97 Å². The summed E-state index contributed by atoms with van der Waals surface area (Å²) in [5, 5.41) is 0. The lowest BCUT2D eigenvalue weighted by atomic mass is 9.86. The Balaban J connectivity index is 2.12. The zero-order valence-corrected chi connectivity index (χ0v) is 16.0. The van der Waals surface area contributed by atoms with Crippen LogP contribution in [0.1, 0.15) is 11.3 Å². The topological polar surface area (TPSA) is 17.2 Å². The van der Waals surface area contributed by atoms with Gasteiger partial charge in [0.1, 0.15) is 11.6 Å². The van der Waals surface area contributed by atoms with Crippen LogP contribution in [-0.4, -0.2) is 27.7 Å². The van der Waals surface area contributed by atoms with E-state index in [4.69, 9.17) is 4.74 Å². The molecule has 1 aromatic heterocycles. The Hall–Kier alpha value is -1.74. The molecule has 0 N–H and O–H groups in total. The second-order valence-corrected chi connectivity index (χ2v) is 7.26. The van der Waals surface area contributed by atoms with Gasteiger partial charge in [-0.15, -0.1) is 0 Å². The molecule has 0 bridgehead atoms. The highest BCUT2D eigenvalue weighted by atomic mass is 79.9. The van der Waals surface area contributed by atoms with Crippen LogP contribution < -0.4 is 4.74 Å². The Morgan fingerprint density at radius 1 is 1.12 bits per heavy atom. The van der Waals surface area contributed by atoms with Crippen molar-refractivity contribution >= 4 is 49.0 Å². The molecule has 2 aromatic rings. The number of rotatable bonds is 2. The summed E-state index contributed by atoms with van der Waals surface area (Å²) in [6.45, 7) is -4.08. The fourth-order valence-corrected chi connectivity index (χ4v) is 4.42. The van der Waals surface area contributed by atoms with E-state index in [2.05, 4.69) is 31.9 Å². The van der Waals surface area contributed by atoms with Gasteiger partial charge in [0.15, 0.2) is 5.70 Å². The first kappa shape index (κ1) is 16.7. The molecule has 0 saturated carbocycles. The first-order chi connectivity index (χ1) is 11.9. The summed E-state index contributed by atoms with van der Waals surface area (Å²) in [6, 6.07) is 7.25. The third-order valence-corrected chi connectivity index (χ3v) is 5.60. The number of ether oxygens (including phenoxy) is 1. The van der Waals surface area contributed by atoms with Crippen LogP contribution in [0.25, 0.3) is 5.57 Å². The standard InChI is InChI=1S/C16H10BBr2F3N2O/c1-25-13-8-9(20)2-3-10(13)16-11-4-6-14(18)23(11)17(21,22)24-12(16)5-7-15(24)19/h2-8H,1H3. The molecule has 25 heavy (non-hydrogen) atoms. The lowest BCUT2D eigenvalue weighted by Crippen LogP contribution is -2.50. The third-order valence-electron chi connectivity index (χ3n) is 4.30. The quantitative estimate of drug-likeness (QED) is 0.574. The Bertz CT molecular complexity index is 1010. The van der Waals surface area contributed by atoms with Crippen molar-refractivity contribution in [3.8, 4) is 5.75 Å². The number of benzene rings is 1. The summed E-state index contributed by atoms with van der Waals surface area (Å²) in [4.78, 5) is 0. The minimum absolute atomic E-state index is 0.261. The smallest absolute Gasteiger partial charge is 0.496 e. The molecule has 0 spiro atoms. The maximum atomic E-state index is 15.1. The normalized spacial score (nSPS) is 17.8. The SMILES string of the molecule is COc1cc(F)ccc1C1=C2C=CC(Br)=[N+]2[B-](F)(F)n2c(Br)ccc21. The van der Waals surface area contributed by atoms with Gasteiger partial charge in [0.05, 0.1) is 17.3 Å². The van der Waals surface area contributed by atoms with Crippen molar-refractivity contribution in [1.29, 1.82) is 0 Å². The molecule has 0 amide bonds. The maximum Gasteiger partial charge on any atom is 0.738 e. The molecule has 128 valence electrons. The van der Waals surface area contributed by atoms with Gasteiger partial charge in [0.2, 0.25) is 4.62 Å². The van der Waals surface area contributed by atoms with Crippen LogP contribution in [0.15, 0.2) is 52.8 Å². The number of hydrogen-bond acceptors (Lipinski definition) is 1. The van der Waals surface area contributed by atoms with E-state index in [1.54, 1.807) is 24.3 Å². The number of nitrogens with zero attached hydrogens (tertiary/aromatic N) is 2. The summed E-state index contributed by atoms with van der Waals surface area (Å²) >= 11 is 6.41. The molecular weight excluding hydrogens is 464 g/mol. The number of halogens is 5. The maximum absolute atomic E-state index is 15.1. The van der Waals surface area contributed by atoms with Gasteiger partial charge in [0, 0.05) is 45.4 Å². The third kappa shape index (κ3) is 2.28. The van der Waals surface area contributed by atoms with Gasteiger partial charge in [-0.25, -0.2) is 4.39 Å². The molecule has 2 aliphatic heterocycles. The molecular formula is C16H10BBr2F3N2O. The number of allylic oxidation sites excluding steroid dienone is 2. The minimum Gasteiger partial charge on any atom is -0.496 e. The van der Waals surface area contributed by atoms with Crippen molar-refractivity contribution in [2.24, 2.45) is 0 Å². The van der Waals surface area contributed by atoms with Crippen molar-refractivity contribution < 1.29 is 22.2 Å². The van der Waals surface area contributed by atoms with Gasteiger partial charge in [-0.1, -0.05) is 0 Å². The molecule has 4 rings (SSSR count). The van der Waals surface area contributed by atoms with Crippen molar-refractivity contribution in [2.45, 2.75) is 0 Å². The van der Waals surface area contributed by atoms with E-state index in [0.717, 1.165) is 8.96 Å². The molecule has 3 nitrogen and oxygen atoms in total. The molecule has 0 unspecified atom stereocenters. The van der Waals surface area contributed by atoms with E-state index in [9.17, 15) is 4.39 Å². The molecule has 0 saturated heterocycles. The van der Waals surface area contributed by atoms with Crippen LogP contribution >= 0.6 is 31.9 Å². The lowest BCUT2D eigenvalue weighted by molar-refractivity contribution is -0.358. The predicted molar refractivity (Wildman–Crippen MR) is 97.8 cm³/mol.